The van der Waals surface area contributed by atoms with Gasteiger partial charge in [0.15, 0.2) is 0 Å². The Morgan fingerprint density at radius 2 is 2.38 bits per heavy atom. The predicted molar refractivity (Wildman–Crippen MR) is 58.0 cm³/mol. The van der Waals surface area contributed by atoms with Crippen molar-refractivity contribution in [1.82, 2.24) is 4.90 Å². The number of likely N-dealkylation sites (tertiary alicyclic amines) is 1. The van der Waals surface area contributed by atoms with E-state index in [4.69, 9.17) is 28.9 Å². The lowest BCUT2D eigenvalue weighted by molar-refractivity contribution is 0.194. The first kappa shape index (κ1) is 11.3. The molecule has 2 nitrogen and oxygen atoms in total. The van der Waals surface area contributed by atoms with Crippen LogP contribution >= 0.6 is 23.2 Å². The maximum Gasteiger partial charge on any atom is 0.0434 e. The molecule has 0 spiro atoms. The van der Waals surface area contributed by atoms with Gasteiger partial charge >= 0.3 is 0 Å². The van der Waals surface area contributed by atoms with E-state index in [0.29, 0.717) is 11.0 Å². The molecule has 1 aliphatic rings. The van der Waals surface area contributed by atoms with Gasteiger partial charge in [0.05, 0.1) is 0 Å². The minimum Gasteiger partial charge on any atom is -0.330 e. The van der Waals surface area contributed by atoms with Gasteiger partial charge in [-0.2, -0.15) is 0 Å². The molecule has 1 unspecified atom stereocenters. The molecule has 1 heterocycles. The smallest absolute Gasteiger partial charge is 0.0434 e. The summed E-state index contributed by atoms with van der Waals surface area (Å²) in [5.41, 5.74) is 7.07. The van der Waals surface area contributed by atoms with Crippen molar-refractivity contribution in [1.29, 1.82) is 0 Å². The zero-order valence-electron chi connectivity index (χ0n) is 7.68. The third kappa shape index (κ3) is 3.86. The zero-order valence-corrected chi connectivity index (χ0v) is 9.19. The van der Waals surface area contributed by atoms with Crippen molar-refractivity contribution in [2.75, 3.05) is 26.2 Å². The van der Waals surface area contributed by atoms with Crippen molar-refractivity contribution in [2.45, 2.75) is 12.8 Å². The van der Waals surface area contributed by atoms with Gasteiger partial charge in [-0.1, -0.05) is 23.2 Å². The van der Waals surface area contributed by atoms with Crippen LogP contribution in [0, 0.1) is 5.92 Å². The minimum atomic E-state index is 0.633. The Hall–Kier alpha value is 0.240. The molecule has 1 atom stereocenters. The van der Waals surface area contributed by atoms with E-state index in [-0.39, 0.29) is 0 Å². The van der Waals surface area contributed by atoms with E-state index in [1.54, 1.807) is 0 Å². The average Bonchev–Trinajstić information content (AvgIpc) is 2.18. The molecule has 0 aromatic rings. The highest BCUT2D eigenvalue weighted by Gasteiger charge is 2.18. The maximum absolute atomic E-state index is 5.85. The molecule has 1 fully saturated rings. The van der Waals surface area contributed by atoms with Crippen molar-refractivity contribution >= 4 is 23.2 Å². The van der Waals surface area contributed by atoms with Crippen LogP contribution in [0.3, 0.4) is 0 Å². The Labute approximate surface area is 89.7 Å². The first-order valence-corrected chi connectivity index (χ1v) is 5.45. The number of halogens is 2. The molecule has 0 bridgehead atoms. The van der Waals surface area contributed by atoms with E-state index >= 15 is 0 Å². The van der Waals surface area contributed by atoms with Gasteiger partial charge < -0.3 is 5.73 Å². The number of hydrogen-bond donors (Lipinski definition) is 1. The van der Waals surface area contributed by atoms with Gasteiger partial charge in [-0.25, -0.2) is 0 Å². The average molecular weight is 223 g/mol. The molecule has 0 saturated carbocycles. The summed E-state index contributed by atoms with van der Waals surface area (Å²) in [6.45, 7) is 3.70. The summed E-state index contributed by atoms with van der Waals surface area (Å²) in [5.74, 6) is 0.633. The lowest BCUT2D eigenvalue weighted by Gasteiger charge is -2.31. The SMILES string of the molecule is NCC1CCCN(CC(Cl)=CCl)C1. The molecule has 0 radical (unpaired) electrons. The van der Waals surface area contributed by atoms with Gasteiger partial charge in [0.2, 0.25) is 0 Å². The lowest BCUT2D eigenvalue weighted by Crippen LogP contribution is -2.38. The van der Waals surface area contributed by atoms with Crippen LogP contribution in [-0.2, 0) is 0 Å². The van der Waals surface area contributed by atoms with E-state index in [1.807, 2.05) is 0 Å². The third-order valence-corrected chi connectivity index (χ3v) is 3.03. The van der Waals surface area contributed by atoms with E-state index < -0.39 is 0 Å². The fourth-order valence-electron chi connectivity index (χ4n) is 1.74. The Balaban J connectivity index is 2.34. The van der Waals surface area contributed by atoms with Crippen LogP contribution in [0.15, 0.2) is 10.6 Å². The van der Waals surface area contributed by atoms with Gasteiger partial charge in [0.25, 0.3) is 0 Å². The first-order chi connectivity index (χ1) is 6.26. The Kier molecular flexibility index (Phi) is 5.10. The third-order valence-electron chi connectivity index (χ3n) is 2.43. The van der Waals surface area contributed by atoms with E-state index in [9.17, 15) is 0 Å². The second-order valence-corrected chi connectivity index (χ2v) is 4.24. The standard InChI is InChI=1S/C9H16Cl2N2/c10-4-9(11)7-13-3-1-2-8(5-12)6-13/h4,8H,1-3,5-7,12H2. The largest absolute Gasteiger partial charge is 0.330 e. The molecular formula is C9H16Cl2N2. The predicted octanol–water partition coefficient (Wildman–Crippen LogP) is 1.98. The summed E-state index contributed by atoms with van der Waals surface area (Å²) in [6, 6.07) is 0. The summed E-state index contributed by atoms with van der Waals surface area (Å²) in [5, 5.41) is 0.708. The van der Waals surface area contributed by atoms with Gasteiger partial charge in [0.1, 0.15) is 0 Å². The normalized spacial score (nSPS) is 26.4. The highest BCUT2D eigenvalue weighted by Crippen LogP contribution is 2.17. The second kappa shape index (κ2) is 5.86. The quantitative estimate of drug-likeness (QED) is 0.792. The van der Waals surface area contributed by atoms with E-state index in [2.05, 4.69) is 4.90 Å². The fourth-order valence-corrected chi connectivity index (χ4v) is 1.97. The molecule has 0 aromatic carbocycles. The molecule has 0 aliphatic carbocycles. The number of hydrogen-bond acceptors (Lipinski definition) is 2. The van der Waals surface area contributed by atoms with E-state index in [1.165, 1.54) is 18.4 Å². The Morgan fingerprint density at radius 1 is 1.62 bits per heavy atom. The van der Waals surface area contributed by atoms with Crippen molar-refractivity contribution in [2.24, 2.45) is 11.7 Å². The molecule has 4 heteroatoms. The van der Waals surface area contributed by atoms with Crippen LogP contribution in [0.5, 0.6) is 0 Å². The second-order valence-electron chi connectivity index (χ2n) is 3.54. The molecule has 76 valence electrons. The molecule has 0 amide bonds. The van der Waals surface area contributed by atoms with Crippen LogP contribution < -0.4 is 5.73 Å². The molecule has 13 heavy (non-hydrogen) atoms. The lowest BCUT2D eigenvalue weighted by atomic mass is 9.98. The molecule has 1 rings (SSSR count). The summed E-state index contributed by atoms with van der Waals surface area (Å²) in [6.07, 6.45) is 2.46. The number of nitrogens with two attached hydrogens (primary N) is 1. The molecule has 1 aliphatic heterocycles. The van der Waals surface area contributed by atoms with Gasteiger partial charge in [-0.15, -0.1) is 0 Å². The van der Waals surface area contributed by atoms with Crippen molar-refractivity contribution in [3.05, 3.63) is 10.6 Å². The monoisotopic (exact) mass is 222 g/mol. The molecule has 0 aromatic heterocycles. The summed E-state index contributed by atoms with van der Waals surface area (Å²) in [4.78, 5) is 2.31. The van der Waals surface area contributed by atoms with Crippen LogP contribution in [-0.4, -0.2) is 31.1 Å². The van der Waals surface area contributed by atoms with Crippen molar-refractivity contribution in [3.8, 4) is 0 Å². The fraction of sp³-hybridized carbons (Fsp3) is 0.778. The van der Waals surface area contributed by atoms with Gasteiger partial charge in [0, 0.05) is 23.7 Å². The first-order valence-electron chi connectivity index (χ1n) is 4.63. The van der Waals surface area contributed by atoms with Crippen LogP contribution in [0.4, 0.5) is 0 Å². The minimum absolute atomic E-state index is 0.633. The Morgan fingerprint density at radius 3 is 3.00 bits per heavy atom. The van der Waals surface area contributed by atoms with Crippen molar-refractivity contribution in [3.63, 3.8) is 0 Å². The van der Waals surface area contributed by atoms with Crippen LogP contribution in [0.25, 0.3) is 0 Å². The molecular weight excluding hydrogens is 207 g/mol. The summed E-state index contributed by atoms with van der Waals surface area (Å²) in [7, 11) is 0. The highest BCUT2D eigenvalue weighted by molar-refractivity contribution is 6.36. The number of rotatable bonds is 3. The zero-order chi connectivity index (χ0) is 9.68. The Bertz CT molecular complexity index is 182. The maximum atomic E-state index is 5.85. The number of piperidine rings is 1. The summed E-state index contributed by atoms with van der Waals surface area (Å²) >= 11 is 11.3. The highest BCUT2D eigenvalue weighted by atomic mass is 35.5. The molecule has 1 saturated heterocycles. The van der Waals surface area contributed by atoms with E-state index in [0.717, 1.165) is 26.2 Å². The van der Waals surface area contributed by atoms with Gasteiger partial charge in [-0.05, 0) is 31.8 Å². The molecule has 2 N–H and O–H groups in total. The summed E-state index contributed by atoms with van der Waals surface area (Å²) < 4.78 is 0. The van der Waals surface area contributed by atoms with Crippen LogP contribution in [0.1, 0.15) is 12.8 Å². The van der Waals surface area contributed by atoms with Crippen LogP contribution in [0.2, 0.25) is 0 Å². The van der Waals surface area contributed by atoms with Gasteiger partial charge in [-0.3, -0.25) is 4.90 Å². The topological polar surface area (TPSA) is 29.3 Å². The van der Waals surface area contributed by atoms with Crippen molar-refractivity contribution < 1.29 is 0 Å². The number of nitrogens with zero attached hydrogens (tertiary/aromatic N) is 1.